The van der Waals surface area contributed by atoms with Crippen LogP contribution >= 0.6 is 0 Å². The third-order valence-electron chi connectivity index (χ3n) is 6.04. The normalized spacial score (nSPS) is 18.8. The van der Waals surface area contributed by atoms with Crippen molar-refractivity contribution in [3.63, 3.8) is 0 Å². The first-order valence-electron chi connectivity index (χ1n) is 10.8. The van der Waals surface area contributed by atoms with E-state index in [1.165, 1.54) is 19.3 Å². The van der Waals surface area contributed by atoms with Gasteiger partial charge >= 0.3 is 0 Å². The van der Waals surface area contributed by atoms with Crippen molar-refractivity contribution in [3.8, 4) is 0 Å². The number of aryl methyl sites for hydroxylation is 2. The lowest BCUT2D eigenvalue weighted by molar-refractivity contribution is 0.383. The Labute approximate surface area is 178 Å². The molecule has 2 aliphatic rings. The molecular formula is C20H31N7O2S. The standard InChI is InChI=1S/C20H31N7O2S/c1-4-27-17(3)19(16(2)23-27)30(28,29)26-14-12-24(13-15-26)18-8-9-21-20(22-18)25-10-6-5-7-11-25/h8-9H,4-7,10-15H2,1-3H3. The van der Waals surface area contributed by atoms with E-state index in [0.717, 1.165) is 24.9 Å². The summed E-state index contributed by atoms with van der Waals surface area (Å²) in [5.74, 6) is 1.65. The second-order valence-electron chi connectivity index (χ2n) is 7.97. The van der Waals surface area contributed by atoms with E-state index in [4.69, 9.17) is 4.98 Å². The fraction of sp³-hybridized carbons (Fsp3) is 0.650. The lowest BCUT2D eigenvalue weighted by Crippen LogP contribution is -2.49. The van der Waals surface area contributed by atoms with E-state index in [1.807, 2.05) is 19.9 Å². The molecule has 4 rings (SSSR count). The molecule has 4 heterocycles. The number of sulfonamides is 1. The molecule has 2 aromatic rings. The molecule has 0 amide bonds. The predicted molar refractivity (Wildman–Crippen MR) is 116 cm³/mol. The SMILES string of the molecule is CCn1nc(C)c(S(=O)(=O)N2CCN(c3ccnc(N4CCCCC4)n3)CC2)c1C. The van der Waals surface area contributed by atoms with E-state index in [0.29, 0.717) is 49.0 Å². The van der Waals surface area contributed by atoms with Gasteiger partial charge in [-0.3, -0.25) is 4.68 Å². The van der Waals surface area contributed by atoms with Crippen LogP contribution in [0.15, 0.2) is 17.2 Å². The molecule has 2 saturated heterocycles. The quantitative estimate of drug-likeness (QED) is 0.711. The summed E-state index contributed by atoms with van der Waals surface area (Å²) in [5.41, 5.74) is 1.28. The average Bonchev–Trinajstić information content (AvgIpc) is 3.08. The Morgan fingerprint density at radius 3 is 2.30 bits per heavy atom. The van der Waals surface area contributed by atoms with Crippen molar-refractivity contribution in [1.29, 1.82) is 0 Å². The van der Waals surface area contributed by atoms with Gasteiger partial charge in [0.05, 0.1) is 11.4 Å². The van der Waals surface area contributed by atoms with Crippen LogP contribution in [0, 0.1) is 13.8 Å². The predicted octanol–water partition coefficient (Wildman–Crippen LogP) is 1.81. The monoisotopic (exact) mass is 433 g/mol. The maximum absolute atomic E-state index is 13.3. The molecule has 0 bridgehead atoms. The molecule has 30 heavy (non-hydrogen) atoms. The van der Waals surface area contributed by atoms with Crippen LogP contribution in [-0.4, -0.2) is 71.7 Å². The Balaban J connectivity index is 1.47. The second-order valence-corrected chi connectivity index (χ2v) is 9.84. The molecule has 0 unspecified atom stereocenters. The fourth-order valence-electron chi connectivity index (χ4n) is 4.41. The van der Waals surface area contributed by atoms with Crippen molar-refractivity contribution in [2.24, 2.45) is 0 Å². The summed E-state index contributed by atoms with van der Waals surface area (Å²) < 4.78 is 29.9. The molecule has 10 heteroatoms. The van der Waals surface area contributed by atoms with Gasteiger partial charge in [0.2, 0.25) is 16.0 Å². The van der Waals surface area contributed by atoms with Crippen LogP contribution in [0.1, 0.15) is 37.6 Å². The summed E-state index contributed by atoms with van der Waals surface area (Å²) in [5, 5.41) is 4.39. The van der Waals surface area contributed by atoms with Crippen LogP contribution in [-0.2, 0) is 16.6 Å². The van der Waals surface area contributed by atoms with Crippen LogP contribution in [0.5, 0.6) is 0 Å². The first-order chi connectivity index (χ1) is 14.4. The summed E-state index contributed by atoms with van der Waals surface area (Å²) in [6, 6.07) is 1.91. The highest BCUT2D eigenvalue weighted by Crippen LogP contribution is 2.26. The largest absolute Gasteiger partial charge is 0.354 e. The average molecular weight is 434 g/mol. The van der Waals surface area contributed by atoms with Gasteiger partial charge in [0.15, 0.2) is 0 Å². The fourth-order valence-corrected chi connectivity index (χ4v) is 6.20. The summed E-state index contributed by atoms with van der Waals surface area (Å²) >= 11 is 0. The smallest absolute Gasteiger partial charge is 0.246 e. The Morgan fingerprint density at radius 2 is 1.67 bits per heavy atom. The van der Waals surface area contributed by atoms with Gasteiger partial charge in [0.25, 0.3) is 0 Å². The molecule has 0 aliphatic carbocycles. The van der Waals surface area contributed by atoms with Crippen LogP contribution in [0.3, 0.4) is 0 Å². The minimum absolute atomic E-state index is 0.354. The summed E-state index contributed by atoms with van der Waals surface area (Å²) in [7, 11) is -3.56. The molecule has 0 spiro atoms. The number of hydrogen-bond donors (Lipinski definition) is 0. The van der Waals surface area contributed by atoms with E-state index < -0.39 is 10.0 Å². The molecule has 0 aromatic carbocycles. The lowest BCUT2D eigenvalue weighted by Gasteiger charge is -2.35. The molecule has 2 fully saturated rings. The number of rotatable bonds is 5. The van der Waals surface area contributed by atoms with Gasteiger partial charge in [-0.05, 0) is 46.1 Å². The molecule has 9 nitrogen and oxygen atoms in total. The van der Waals surface area contributed by atoms with Gasteiger partial charge in [-0.25, -0.2) is 13.4 Å². The Kier molecular flexibility index (Phi) is 5.97. The zero-order valence-corrected chi connectivity index (χ0v) is 18.9. The zero-order valence-electron chi connectivity index (χ0n) is 18.1. The summed E-state index contributed by atoms with van der Waals surface area (Å²) in [4.78, 5) is 14.0. The van der Waals surface area contributed by atoms with E-state index >= 15 is 0 Å². The highest BCUT2D eigenvalue weighted by Gasteiger charge is 2.33. The Morgan fingerprint density at radius 1 is 0.967 bits per heavy atom. The maximum atomic E-state index is 13.3. The van der Waals surface area contributed by atoms with Gasteiger partial charge in [-0.15, -0.1) is 0 Å². The highest BCUT2D eigenvalue weighted by molar-refractivity contribution is 7.89. The highest BCUT2D eigenvalue weighted by atomic mass is 32.2. The van der Waals surface area contributed by atoms with Gasteiger partial charge in [-0.1, -0.05) is 0 Å². The first kappa shape index (κ1) is 21.0. The molecule has 0 atom stereocenters. The third-order valence-corrected chi connectivity index (χ3v) is 8.19. The van der Waals surface area contributed by atoms with Crippen molar-refractivity contribution in [2.75, 3.05) is 49.1 Å². The minimum Gasteiger partial charge on any atom is -0.354 e. The van der Waals surface area contributed by atoms with E-state index in [1.54, 1.807) is 22.1 Å². The Hall–Kier alpha value is -2.20. The number of piperazine rings is 1. The number of hydrogen-bond acceptors (Lipinski definition) is 7. The maximum Gasteiger partial charge on any atom is 0.246 e. The molecule has 2 aliphatic heterocycles. The molecule has 164 valence electrons. The molecule has 0 saturated carbocycles. The van der Waals surface area contributed by atoms with Crippen molar-refractivity contribution >= 4 is 21.8 Å². The van der Waals surface area contributed by atoms with Crippen LogP contribution in [0.4, 0.5) is 11.8 Å². The molecule has 0 radical (unpaired) electrons. The van der Waals surface area contributed by atoms with Crippen LogP contribution in [0.25, 0.3) is 0 Å². The van der Waals surface area contributed by atoms with Crippen molar-refractivity contribution in [1.82, 2.24) is 24.1 Å². The minimum atomic E-state index is -3.56. The summed E-state index contributed by atoms with van der Waals surface area (Å²) in [6.45, 7) is 10.3. The van der Waals surface area contributed by atoms with Crippen LogP contribution in [0.2, 0.25) is 0 Å². The van der Waals surface area contributed by atoms with Gasteiger partial charge in [0.1, 0.15) is 10.7 Å². The number of anilines is 2. The molecule has 2 aromatic heterocycles. The van der Waals surface area contributed by atoms with Crippen molar-refractivity contribution < 1.29 is 8.42 Å². The van der Waals surface area contributed by atoms with E-state index in [9.17, 15) is 8.42 Å². The molecular weight excluding hydrogens is 402 g/mol. The number of nitrogens with zero attached hydrogens (tertiary/aromatic N) is 7. The van der Waals surface area contributed by atoms with Gasteiger partial charge < -0.3 is 9.80 Å². The molecule has 0 N–H and O–H groups in total. The number of aromatic nitrogens is 4. The topological polar surface area (TPSA) is 87.5 Å². The van der Waals surface area contributed by atoms with E-state index in [-0.39, 0.29) is 0 Å². The second kappa shape index (κ2) is 8.50. The van der Waals surface area contributed by atoms with Crippen molar-refractivity contribution in [3.05, 3.63) is 23.7 Å². The van der Waals surface area contributed by atoms with E-state index in [2.05, 4.69) is 19.9 Å². The first-order valence-corrected chi connectivity index (χ1v) is 12.2. The van der Waals surface area contributed by atoms with Gasteiger partial charge in [-0.2, -0.15) is 14.4 Å². The van der Waals surface area contributed by atoms with Crippen LogP contribution < -0.4 is 9.80 Å². The zero-order chi connectivity index (χ0) is 21.3. The summed E-state index contributed by atoms with van der Waals surface area (Å²) in [6.07, 6.45) is 5.43. The van der Waals surface area contributed by atoms with Crippen molar-refractivity contribution in [2.45, 2.75) is 51.5 Å². The Bertz CT molecular complexity index is 991. The van der Waals surface area contributed by atoms with Gasteiger partial charge in [0, 0.05) is 52.0 Å². The lowest BCUT2D eigenvalue weighted by atomic mass is 10.1. The number of piperidine rings is 1. The third kappa shape index (κ3) is 3.90.